The minimum Gasteiger partial charge on any atom is -1.00 e. The van der Waals surface area contributed by atoms with Crippen molar-refractivity contribution < 1.29 is 75.4 Å². The molecule has 7 nitrogen and oxygen atoms in total. The molecule has 15 heavy (non-hydrogen) atoms. The van der Waals surface area contributed by atoms with Crippen molar-refractivity contribution in [3.05, 3.63) is 0 Å². The Kier molecular flexibility index (Phi) is 10.4. The van der Waals surface area contributed by atoms with Crippen LogP contribution in [-0.2, 0) is 14.4 Å². The van der Waals surface area contributed by atoms with Crippen LogP contribution in [-0.4, -0.2) is 43.9 Å². The molecule has 0 unspecified atom stereocenters. The number of hydrogen-bond acceptors (Lipinski definition) is 4. The van der Waals surface area contributed by atoms with Crippen LogP contribution >= 0.6 is 0 Å². The summed E-state index contributed by atoms with van der Waals surface area (Å²) in [6, 6.07) is 0. The average molecular weight is 208 g/mol. The van der Waals surface area contributed by atoms with Crippen LogP contribution in [0.1, 0.15) is 15.7 Å². The SMILES string of the molecule is O=C(O)CC(O)(CC(=O)O)C(=O)O.[H-].[H-].[Li+].[Li+]. The molecule has 78 valence electrons. The quantitative estimate of drug-likeness (QED) is 0.330. The number of hydrogen-bond donors (Lipinski definition) is 4. The molecule has 0 aromatic heterocycles. The first kappa shape index (κ1) is 20.0. The maximum absolute atomic E-state index is 10.3. The van der Waals surface area contributed by atoms with Crippen molar-refractivity contribution in [3.8, 4) is 0 Å². The Morgan fingerprint density at radius 3 is 1.33 bits per heavy atom. The summed E-state index contributed by atoms with van der Waals surface area (Å²) in [4.78, 5) is 30.5. The van der Waals surface area contributed by atoms with Gasteiger partial charge in [-0.25, -0.2) is 4.79 Å². The van der Waals surface area contributed by atoms with Crippen molar-refractivity contribution in [2.75, 3.05) is 0 Å². The van der Waals surface area contributed by atoms with E-state index in [-0.39, 0.29) is 40.6 Å². The van der Waals surface area contributed by atoms with E-state index in [4.69, 9.17) is 20.4 Å². The van der Waals surface area contributed by atoms with Crippen LogP contribution in [0.15, 0.2) is 0 Å². The Morgan fingerprint density at radius 2 is 1.20 bits per heavy atom. The third kappa shape index (κ3) is 7.49. The smallest absolute Gasteiger partial charge is 1.00 e. The van der Waals surface area contributed by atoms with Gasteiger partial charge in [0.05, 0.1) is 12.8 Å². The van der Waals surface area contributed by atoms with Gasteiger partial charge < -0.3 is 23.3 Å². The predicted octanol–water partition coefficient (Wildman–Crippen LogP) is -7.02. The summed E-state index contributed by atoms with van der Waals surface area (Å²) < 4.78 is 0. The van der Waals surface area contributed by atoms with Gasteiger partial charge in [-0.3, -0.25) is 9.59 Å². The maximum Gasteiger partial charge on any atom is 1.00 e. The van der Waals surface area contributed by atoms with E-state index in [9.17, 15) is 14.4 Å². The molecule has 9 heteroatoms. The van der Waals surface area contributed by atoms with Gasteiger partial charge in [0.25, 0.3) is 0 Å². The van der Waals surface area contributed by atoms with E-state index >= 15 is 0 Å². The van der Waals surface area contributed by atoms with Gasteiger partial charge in [0.2, 0.25) is 0 Å². The molecule has 0 atom stereocenters. The first-order chi connectivity index (χ1) is 5.78. The van der Waals surface area contributed by atoms with E-state index in [0.717, 1.165) is 0 Å². The van der Waals surface area contributed by atoms with Gasteiger partial charge in [-0.1, -0.05) is 0 Å². The number of aliphatic carboxylic acids is 3. The van der Waals surface area contributed by atoms with Crippen LogP contribution in [0.2, 0.25) is 0 Å². The maximum atomic E-state index is 10.3. The monoisotopic (exact) mass is 208 g/mol. The minimum absolute atomic E-state index is 0. The summed E-state index contributed by atoms with van der Waals surface area (Å²) in [6.07, 6.45) is -2.29. The zero-order chi connectivity index (χ0) is 10.6. The fraction of sp³-hybridized carbons (Fsp3) is 0.500. The molecular formula is C6H10Li2O7. The summed E-state index contributed by atoms with van der Waals surface area (Å²) in [5, 5.41) is 33.8. The van der Waals surface area contributed by atoms with Crippen LogP contribution in [0.5, 0.6) is 0 Å². The second-order valence-electron chi connectivity index (χ2n) is 2.48. The molecule has 0 saturated carbocycles. The molecule has 0 fully saturated rings. The van der Waals surface area contributed by atoms with Crippen molar-refractivity contribution >= 4 is 17.9 Å². The van der Waals surface area contributed by atoms with Gasteiger partial charge in [0.15, 0.2) is 5.60 Å². The van der Waals surface area contributed by atoms with Gasteiger partial charge in [0, 0.05) is 0 Å². The minimum atomic E-state index is -2.74. The Labute approximate surface area is 112 Å². The fourth-order valence-corrected chi connectivity index (χ4v) is 0.714. The second kappa shape index (κ2) is 7.80. The second-order valence-corrected chi connectivity index (χ2v) is 2.48. The standard InChI is InChI=1S/C6H8O7.2Li.2H/c7-3(8)1-6(13,5(11)12)2-4(9)10;;;;/h13H,1-2H2,(H,7,8)(H,9,10)(H,11,12);;;;/q;2*+1;2*-1. The molecule has 0 aliphatic rings. The van der Waals surface area contributed by atoms with E-state index < -0.39 is 36.4 Å². The van der Waals surface area contributed by atoms with Gasteiger partial charge in [-0.15, -0.1) is 0 Å². The first-order valence-corrected chi connectivity index (χ1v) is 3.17. The molecule has 0 aliphatic heterocycles. The Bertz CT molecular complexity index is 245. The molecule has 0 radical (unpaired) electrons. The van der Waals surface area contributed by atoms with Crippen LogP contribution in [0.4, 0.5) is 0 Å². The number of aliphatic hydroxyl groups is 1. The third-order valence-corrected chi connectivity index (χ3v) is 1.29. The van der Waals surface area contributed by atoms with Crippen LogP contribution in [0, 0.1) is 0 Å². The Morgan fingerprint density at radius 1 is 0.933 bits per heavy atom. The van der Waals surface area contributed by atoms with Crippen molar-refractivity contribution in [2.24, 2.45) is 0 Å². The molecule has 0 aliphatic carbocycles. The molecular weight excluding hydrogens is 198 g/mol. The van der Waals surface area contributed by atoms with E-state index in [1.54, 1.807) is 0 Å². The van der Waals surface area contributed by atoms with Crippen LogP contribution in [0.3, 0.4) is 0 Å². The molecule has 4 N–H and O–H groups in total. The Hall–Kier alpha value is -0.435. The van der Waals surface area contributed by atoms with E-state index in [1.807, 2.05) is 0 Å². The molecule has 0 heterocycles. The molecule has 0 amide bonds. The zero-order valence-electron chi connectivity index (χ0n) is 10.4. The number of rotatable bonds is 5. The van der Waals surface area contributed by atoms with E-state index in [2.05, 4.69) is 0 Å². The van der Waals surface area contributed by atoms with Gasteiger partial charge >= 0.3 is 55.6 Å². The molecule has 0 aromatic carbocycles. The topological polar surface area (TPSA) is 132 Å². The van der Waals surface area contributed by atoms with Crippen LogP contribution in [0.25, 0.3) is 0 Å². The average Bonchev–Trinajstić information content (AvgIpc) is 1.82. The van der Waals surface area contributed by atoms with E-state index in [0.29, 0.717) is 0 Å². The first-order valence-electron chi connectivity index (χ1n) is 3.17. The molecule has 0 rings (SSSR count). The summed E-state index contributed by atoms with van der Waals surface area (Å²) in [5.74, 6) is -5.02. The molecule has 0 bridgehead atoms. The largest absolute Gasteiger partial charge is 1.00 e. The Balaban J connectivity index is -0.000000120. The molecule has 0 saturated heterocycles. The number of carboxylic acid groups (broad SMARTS) is 3. The van der Waals surface area contributed by atoms with Crippen LogP contribution < -0.4 is 37.7 Å². The normalized spacial score (nSPS) is 9.40. The zero-order valence-corrected chi connectivity index (χ0v) is 8.43. The number of carboxylic acids is 3. The summed E-state index contributed by atoms with van der Waals surface area (Å²) >= 11 is 0. The van der Waals surface area contributed by atoms with E-state index in [1.165, 1.54) is 0 Å². The summed E-state index contributed by atoms with van der Waals surface area (Å²) in [6.45, 7) is 0. The van der Waals surface area contributed by atoms with Crippen molar-refractivity contribution in [1.29, 1.82) is 0 Å². The third-order valence-electron chi connectivity index (χ3n) is 1.29. The van der Waals surface area contributed by atoms with Gasteiger partial charge in [-0.05, 0) is 0 Å². The molecule has 0 spiro atoms. The van der Waals surface area contributed by atoms with Crippen molar-refractivity contribution in [3.63, 3.8) is 0 Å². The van der Waals surface area contributed by atoms with Crippen molar-refractivity contribution in [2.45, 2.75) is 18.4 Å². The number of carbonyl (C=O) groups is 3. The summed E-state index contributed by atoms with van der Waals surface area (Å²) in [5.41, 5.74) is -2.74. The predicted molar refractivity (Wildman–Crippen MR) is 39.3 cm³/mol. The summed E-state index contributed by atoms with van der Waals surface area (Å²) in [7, 11) is 0. The molecule has 0 aromatic rings. The fourth-order valence-electron chi connectivity index (χ4n) is 0.714. The van der Waals surface area contributed by atoms with Gasteiger partial charge in [-0.2, -0.15) is 0 Å². The van der Waals surface area contributed by atoms with Gasteiger partial charge in [0.1, 0.15) is 0 Å². The van der Waals surface area contributed by atoms with Crippen molar-refractivity contribution in [1.82, 2.24) is 0 Å².